The molecule has 1 aliphatic rings. The fourth-order valence-electron chi connectivity index (χ4n) is 2.22. The van der Waals surface area contributed by atoms with Crippen molar-refractivity contribution >= 4 is 5.71 Å². The molecule has 20 heavy (non-hydrogen) atoms. The third-order valence-corrected chi connectivity index (χ3v) is 3.54. The van der Waals surface area contributed by atoms with Crippen molar-refractivity contribution in [3.05, 3.63) is 23.8 Å². The lowest BCUT2D eigenvalue weighted by Gasteiger charge is -2.23. The molecule has 0 aromatic heterocycles. The van der Waals surface area contributed by atoms with Crippen LogP contribution in [0, 0.1) is 5.92 Å². The Morgan fingerprint density at radius 2 is 2.15 bits per heavy atom. The van der Waals surface area contributed by atoms with Crippen molar-refractivity contribution in [3.8, 4) is 11.5 Å². The van der Waals surface area contributed by atoms with E-state index in [0.29, 0.717) is 24.0 Å². The molecule has 0 atom stereocenters. The lowest BCUT2D eigenvalue weighted by Crippen LogP contribution is -2.21. The highest BCUT2D eigenvalue weighted by molar-refractivity contribution is 6.00. The van der Waals surface area contributed by atoms with Gasteiger partial charge in [0.2, 0.25) is 0 Å². The number of nitrogens with zero attached hydrogens (tertiary/aromatic N) is 1. The molecule has 0 unspecified atom stereocenters. The van der Waals surface area contributed by atoms with Gasteiger partial charge >= 0.3 is 0 Å². The van der Waals surface area contributed by atoms with Crippen LogP contribution in [0.2, 0.25) is 0 Å². The summed E-state index contributed by atoms with van der Waals surface area (Å²) in [5, 5.41) is 12.2. The van der Waals surface area contributed by atoms with E-state index in [9.17, 15) is 0 Å². The molecule has 1 fully saturated rings. The summed E-state index contributed by atoms with van der Waals surface area (Å²) in [6, 6.07) is 5.49. The Hall–Kier alpha value is -1.75. The molecule has 0 radical (unpaired) electrons. The van der Waals surface area contributed by atoms with Gasteiger partial charge in [-0.15, -0.1) is 0 Å². The molecule has 0 saturated carbocycles. The quantitative estimate of drug-likeness (QED) is 0.511. The number of rotatable bonds is 5. The maximum Gasteiger partial charge on any atom is 0.132 e. The first-order valence-corrected chi connectivity index (χ1v) is 6.82. The molecule has 1 heterocycles. The van der Waals surface area contributed by atoms with Gasteiger partial charge in [-0.05, 0) is 37.8 Å². The third-order valence-electron chi connectivity index (χ3n) is 3.54. The monoisotopic (exact) mass is 279 g/mol. The Bertz CT molecular complexity index is 467. The average Bonchev–Trinajstić information content (AvgIpc) is 2.52. The zero-order chi connectivity index (χ0) is 14.4. The minimum Gasteiger partial charge on any atom is -0.497 e. The van der Waals surface area contributed by atoms with Gasteiger partial charge < -0.3 is 19.4 Å². The Morgan fingerprint density at radius 3 is 2.80 bits per heavy atom. The molecule has 0 spiro atoms. The summed E-state index contributed by atoms with van der Waals surface area (Å²) in [5.74, 6) is 1.92. The van der Waals surface area contributed by atoms with Crippen LogP contribution in [0.4, 0.5) is 0 Å². The van der Waals surface area contributed by atoms with E-state index in [1.165, 1.54) is 0 Å². The van der Waals surface area contributed by atoms with Crippen LogP contribution < -0.4 is 9.47 Å². The van der Waals surface area contributed by atoms with Crippen molar-refractivity contribution < 1.29 is 19.4 Å². The molecule has 0 bridgehead atoms. The number of hydrogen-bond donors (Lipinski definition) is 1. The first-order valence-electron chi connectivity index (χ1n) is 6.82. The first kappa shape index (κ1) is 14.7. The summed E-state index contributed by atoms with van der Waals surface area (Å²) in [6.07, 6.45) is 2.04. The van der Waals surface area contributed by atoms with Crippen LogP contribution >= 0.6 is 0 Å². The van der Waals surface area contributed by atoms with Crippen LogP contribution in [0.25, 0.3) is 0 Å². The Balaban J connectivity index is 2.10. The maximum absolute atomic E-state index is 8.94. The molecule has 1 N–H and O–H groups in total. The second kappa shape index (κ2) is 7.14. The van der Waals surface area contributed by atoms with Gasteiger partial charge in [-0.3, -0.25) is 0 Å². The van der Waals surface area contributed by atoms with Gasteiger partial charge in [0.1, 0.15) is 11.5 Å². The topological polar surface area (TPSA) is 60.3 Å². The highest BCUT2D eigenvalue weighted by Gasteiger charge is 2.16. The second-order valence-corrected chi connectivity index (χ2v) is 4.91. The molecule has 5 nitrogen and oxygen atoms in total. The predicted molar refractivity (Wildman–Crippen MR) is 76.0 cm³/mol. The molecular weight excluding hydrogens is 258 g/mol. The molecule has 1 aliphatic heterocycles. The number of benzene rings is 1. The van der Waals surface area contributed by atoms with E-state index in [2.05, 4.69) is 5.16 Å². The van der Waals surface area contributed by atoms with Gasteiger partial charge in [0, 0.05) is 24.8 Å². The van der Waals surface area contributed by atoms with Crippen molar-refractivity contribution in [1.29, 1.82) is 0 Å². The van der Waals surface area contributed by atoms with E-state index in [1.54, 1.807) is 14.0 Å². The van der Waals surface area contributed by atoms with Gasteiger partial charge in [0.05, 0.1) is 19.4 Å². The number of hydrogen-bond acceptors (Lipinski definition) is 5. The Morgan fingerprint density at radius 1 is 1.40 bits per heavy atom. The van der Waals surface area contributed by atoms with Crippen LogP contribution in [0.1, 0.15) is 25.3 Å². The SMILES string of the molecule is COc1ccc(/C(C)=N/O)c(OCC2CCOCC2)c1. The second-order valence-electron chi connectivity index (χ2n) is 4.91. The molecule has 1 saturated heterocycles. The highest BCUT2D eigenvalue weighted by Crippen LogP contribution is 2.27. The van der Waals surface area contributed by atoms with Gasteiger partial charge in [0.25, 0.3) is 0 Å². The lowest BCUT2D eigenvalue weighted by atomic mass is 10.0. The van der Waals surface area contributed by atoms with Crippen molar-refractivity contribution in [2.75, 3.05) is 26.9 Å². The van der Waals surface area contributed by atoms with Gasteiger partial charge in [0.15, 0.2) is 0 Å². The van der Waals surface area contributed by atoms with Gasteiger partial charge in [-0.2, -0.15) is 0 Å². The standard InChI is InChI=1S/C15H21NO4/c1-11(16-17)14-4-3-13(18-2)9-15(14)20-10-12-5-7-19-8-6-12/h3-4,9,12,17H,5-8,10H2,1-2H3/b16-11+. The molecule has 1 aromatic rings. The largest absolute Gasteiger partial charge is 0.497 e. The molecule has 0 aliphatic carbocycles. The smallest absolute Gasteiger partial charge is 0.132 e. The zero-order valence-corrected chi connectivity index (χ0v) is 12.0. The normalized spacial score (nSPS) is 17.0. The summed E-state index contributed by atoms with van der Waals surface area (Å²) in [7, 11) is 1.62. The van der Waals surface area contributed by atoms with E-state index in [-0.39, 0.29) is 0 Å². The van der Waals surface area contributed by atoms with Crippen LogP contribution in [-0.2, 0) is 4.74 Å². The summed E-state index contributed by atoms with van der Waals surface area (Å²) < 4.78 is 16.5. The van der Waals surface area contributed by atoms with E-state index >= 15 is 0 Å². The number of oxime groups is 1. The van der Waals surface area contributed by atoms with Crippen molar-refractivity contribution in [3.63, 3.8) is 0 Å². The molecule has 5 heteroatoms. The van der Waals surface area contributed by atoms with Crippen LogP contribution in [-0.4, -0.2) is 37.8 Å². The Kier molecular flexibility index (Phi) is 5.24. The van der Waals surface area contributed by atoms with E-state index in [4.69, 9.17) is 19.4 Å². The maximum atomic E-state index is 8.94. The van der Waals surface area contributed by atoms with Crippen molar-refractivity contribution in [2.24, 2.45) is 11.1 Å². The fraction of sp³-hybridized carbons (Fsp3) is 0.533. The predicted octanol–water partition coefficient (Wildman–Crippen LogP) is 2.70. The molecule has 110 valence electrons. The first-order chi connectivity index (χ1) is 9.74. The minimum atomic E-state index is 0.508. The van der Waals surface area contributed by atoms with Crippen molar-refractivity contribution in [1.82, 2.24) is 0 Å². The van der Waals surface area contributed by atoms with E-state index in [0.717, 1.165) is 37.4 Å². The van der Waals surface area contributed by atoms with Crippen molar-refractivity contribution in [2.45, 2.75) is 19.8 Å². The number of methoxy groups -OCH3 is 1. The van der Waals surface area contributed by atoms with Gasteiger partial charge in [-0.25, -0.2) is 0 Å². The van der Waals surface area contributed by atoms with E-state index in [1.807, 2.05) is 18.2 Å². The van der Waals surface area contributed by atoms with Crippen LogP contribution in [0.15, 0.2) is 23.4 Å². The molecular formula is C15H21NO4. The van der Waals surface area contributed by atoms with Crippen LogP contribution in [0.3, 0.4) is 0 Å². The van der Waals surface area contributed by atoms with Crippen LogP contribution in [0.5, 0.6) is 11.5 Å². The summed E-state index contributed by atoms with van der Waals surface area (Å²) in [5.41, 5.74) is 1.30. The molecule has 0 amide bonds. The summed E-state index contributed by atoms with van der Waals surface area (Å²) >= 11 is 0. The Labute approximate surface area is 119 Å². The minimum absolute atomic E-state index is 0.508. The summed E-state index contributed by atoms with van der Waals surface area (Å²) in [4.78, 5) is 0. The lowest BCUT2D eigenvalue weighted by molar-refractivity contribution is 0.0497. The molecule has 1 aromatic carbocycles. The van der Waals surface area contributed by atoms with Gasteiger partial charge in [-0.1, -0.05) is 5.16 Å². The average molecular weight is 279 g/mol. The third kappa shape index (κ3) is 3.63. The molecule has 2 rings (SSSR count). The summed E-state index contributed by atoms with van der Waals surface area (Å²) in [6.45, 7) is 3.98. The highest BCUT2D eigenvalue weighted by atomic mass is 16.5. The zero-order valence-electron chi connectivity index (χ0n) is 12.0. The fourth-order valence-corrected chi connectivity index (χ4v) is 2.22. The van der Waals surface area contributed by atoms with E-state index < -0.39 is 0 Å². The number of ether oxygens (including phenoxy) is 3.